The molecule has 3 rings (SSSR count). The normalized spacial score (nSPS) is 10.8. The molecular weight excluding hydrogens is 528 g/mol. The van der Waals surface area contributed by atoms with E-state index in [4.69, 9.17) is 4.74 Å². The second-order valence-electron chi connectivity index (χ2n) is 6.54. The van der Waals surface area contributed by atoms with Crippen molar-refractivity contribution in [3.8, 4) is 11.8 Å². The van der Waals surface area contributed by atoms with Crippen molar-refractivity contribution in [3.63, 3.8) is 0 Å². The van der Waals surface area contributed by atoms with E-state index in [9.17, 15) is 24.6 Å². The van der Waals surface area contributed by atoms with Crippen LogP contribution in [-0.4, -0.2) is 10.8 Å². The molecule has 0 radical (unpaired) electrons. The van der Waals surface area contributed by atoms with E-state index in [-0.39, 0.29) is 29.4 Å². The molecular formula is C23H15FIN3O4. The summed E-state index contributed by atoms with van der Waals surface area (Å²) in [6, 6.07) is 18.4. The van der Waals surface area contributed by atoms with Crippen LogP contribution in [0.3, 0.4) is 0 Å². The predicted octanol–water partition coefficient (Wildman–Crippen LogP) is 5.46. The number of nitro groups is 1. The second kappa shape index (κ2) is 10.5. The molecule has 0 spiro atoms. The van der Waals surface area contributed by atoms with Crippen LogP contribution >= 0.6 is 22.6 Å². The van der Waals surface area contributed by atoms with Crippen LogP contribution in [0.2, 0.25) is 0 Å². The number of carbonyl (C=O) groups is 1. The van der Waals surface area contributed by atoms with Crippen LogP contribution in [0.1, 0.15) is 11.1 Å². The number of non-ortho nitro benzene ring substituents is 1. The predicted molar refractivity (Wildman–Crippen MR) is 125 cm³/mol. The molecule has 3 aromatic rings. The highest BCUT2D eigenvalue weighted by molar-refractivity contribution is 14.1. The molecule has 0 atom stereocenters. The molecule has 0 aliphatic rings. The van der Waals surface area contributed by atoms with E-state index in [2.05, 4.69) is 27.9 Å². The molecule has 1 N–H and O–H groups in total. The van der Waals surface area contributed by atoms with Gasteiger partial charge in [-0.25, -0.2) is 4.39 Å². The summed E-state index contributed by atoms with van der Waals surface area (Å²) in [7, 11) is 0. The van der Waals surface area contributed by atoms with Crippen LogP contribution in [0.15, 0.2) is 72.3 Å². The lowest BCUT2D eigenvalue weighted by Crippen LogP contribution is -2.13. The maximum atomic E-state index is 13.0. The molecule has 0 saturated heterocycles. The minimum absolute atomic E-state index is 0.160. The highest BCUT2D eigenvalue weighted by Crippen LogP contribution is 2.25. The lowest BCUT2D eigenvalue weighted by atomic mass is 10.1. The summed E-state index contributed by atoms with van der Waals surface area (Å²) in [6.45, 7) is 0.264. The van der Waals surface area contributed by atoms with Gasteiger partial charge in [0.15, 0.2) is 0 Å². The highest BCUT2D eigenvalue weighted by Gasteiger charge is 2.13. The lowest BCUT2D eigenvalue weighted by molar-refractivity contribution is -0.384. The Morgan fingerprint density at radius 1 is 1.19 bits per heavy atom. The molecule has 0 aromatic heterocycles. The fourth-order valence-corrected chi connectivity index (χ4v) is 3.37. The van der Waals surface area contributed by atoms with Gasteiger partial charge < -0.3 is 10.1 Å². The van der Waals surface area contributed by atoms with Gasteiger partial charge in [0, 0.05) is 17.8 Å². The third-order valence-electron chi connectivity index (χ3n) is 4.25. The number of nitro benzene ring substituents is 1. The number of nitrogens with zero attached hydrogens (tertiary/aromatic N) is 2. The SMILES string of the molecule is N#C/C(=C\c1ccc(OCc2ccc(F)cc2)c(I)c1)C(=O)Nc1cccc([N+](=O)[O-])c1. The molecule has 1 amide bonds. The van der Waals surface area contributed by atoms with Crippen molar-refractivity contribution >= 4 is 45.9 Å². The molecule has 0 aliphatic heterocycles. The molecule has 9 heteroatoms. The van der Waals surface area contributed by atoms with Gasteiger partial charge in [-0.05, 0) is 70.1 Å². The van der Waals surface area contributed by atoms with Crippen molar-refractivity contribution in [2.45, 2.75) is 6.61 Å². The lowest BCUT2D eigenvalue weighted by Gasteiger charge is -2.09. The summed E-state index contributed by atoms with van der Waals surface area (Å²) < 4.78 is 19.5. The molecule has 32 heavy (non-hydrogen) atoms. The Labute approximate surface area is 196 Å². The number of halogens is 2. The Hall–Kier alpha value is -3.78. The van der Waals surface area contributed by atoms with Gasteiger partial charge in [-0.1, -0.05) is 24.3 Å². The first kappa shape index (κ1) is 22.9. The van der Waals surface area contributed by atoms with Crippen molar-refractivity contribution in [3.05, 3.63) is 103 Å². The number of benzene rings is 3. The fourth-order valence-electron chi connectivity index (χ4n) is 2.68. The number of nitrogens with one attached hydrogen (secondary N) is 1. The molecule has 0 aliphatic carbocycles. The quantitative estimate of drug-likeness (QED) is 0.140. The van der Waals surface area contributed by atoms with Gasteiger partial charge in [0.1, 0.15) is 29.8 Å². The zero-order valence-corrected chi connectivity index (χ0v) is 18.6. The van der Waals surface area contributed by atoms with E-state index in [0.29, 0.717) is 11.3 Å². The van der Waals surface area contributed by atoms with Gasteiger partial charge in [0.2, 0.25) is 0 Å². The Kier molecular flexibility index (Phi) is 7.51. The van der Waals surface area contributed by atoms with Gasteiger partial charge >= 0.3 is 0 Å². The van der Waals surface area contributed by atoms with Crippen LogP contribution < -0.4 is 10.1 Å². The maximum absolute atomic E-state index is 13.0. The Bertz CT molecular complexity index is 1240. The smallest absolute Gasteiger partial charge is 0.271 e. The fraction of sp³-hybridized carbons (Fsp3) is 0.0435. The van der Waals surface area contributed by atoms with Crippen molar-refractivity contribution in [1.82, 2.24) is 0 Å². The number of anilines is 1. The number of ether oxygens (including phenoxy) is 1. The summed E-state index contributed by atoms with van der Waals surface area (Å²) in [5.74, 6) is -0.395. The minimum Gasteiger partial charge on any atom is -0.488 e. The van der Waals surface area contributed by atoms with Crippen LogP contribution in [0.5, 0.6) is 5.75 Å². The highest BCUT2D eigenvalue weighted by atomic mass is 127. The monoisotopic (exact) mass is 543 g/mol. The van der Waals surface area contributed by atoms with E-state index >= 15 is 0 Å². The van der Waals surface area contributed by atoms with Crippen LogP contribution in [-0.2, 0) is 11.4 Å². The Balaban J connectivity index is 1.71. The molecule has 0 fully saturated rings. The van der Waals surface area contributed by atoms with Gasteiger partial charge in [-0.3, -0.25) is 14.9 Å². The first-order valence-corrected chi connectivity index (χ1v) is 10.3. The van der Waals surface area contributed by atoms with Gasteiger partial charge in [0.25, 0.3) is 11.6 Å². The van der Waals surface area contributed by atoms with E-state index in [1.165, 1.54) is 42.5 Å². The summed E-state index contributed by atoms with van der Waals surface area (Å²) >= 11 is 2.08. The topological polar surface area (TPSA) is 105 Å². The summed E-state index contributed by atoms with van der Waals surface area (Å²) in [6.07, 6.45) is 1.42. The van der Waals surface area contributed by atoms with Crippen molar-refractivity contribution in [2.24, 2.45) is 0 Å². The minimum atomic E-state index is -0.681. The number of carbonyl (C=O) groups excluding carboxylic acids is 1. The number of hydrogen-bond acceptors (Lipinski definition) is 5. The number of nitriles is 1. The second-order valence-corrected chi connectivity index (χ2v) is 7.70. The van der Waals surface area contributed by atoms with E-state index < -0.39 is 10.8 Å². The molecule has 7 nitrogen and oxygen atoms in total. The Morgan fingerprint density at radius 2 is 1.94 bits per heavy atom. The average molecular weight is 543 g/mol. The number of amides is 1. The third-order valence-corrected chi connectivity index (χ3v) is 5.10. The average Bonchev–Trinajstić information content (AvgIpc) is 2.78. The molecule has 3 aromatic carbocycles. The number of rotatable bonds is 7. The van der Waals surface area contributed by atoms with Crippen molar-refractivity contribution in [2.75, 3.05) is 5.32 Å². The van der Waals surface area contributed by atoms with Crippen molar-refractivity contribution in [1.29, 1.82) is 5.26 Å². The molecule has 0 heterocycles. The molecule has 0 saturated carbocycles. The zero-order chi connectivity index (χ0) is 23.1. The summed E-state index contributed by atoms with van der Waals surface area (Å²) in [4.78, 5) is 22.7. The summed E-state index contributed by atoms with van der Waals surface area (Å²) in [5.41, 5.74) is 1.30. The first-order valence-electron chi connectivity index (χ1n) is 9.20. The van der Waals surface area contributed by atoms with Crippen molar-refractivity contribution < 1.29 is 18.8 Å². The van der Waals surface area contributed by atoms with Gasteiger partial charge in [-0.15, -0.1) is 0 Å². The van der Waals surface area contributed by atoms with Crippen LogP contribution in [0.25, 0.3) is 6.08 Å². The van der Waals surface area contributed by atoms with E-state index in [0.717, 1.165) is 9.13 Å². The van der Waals surface area contributed by atoms with E-state index in [1.54, 1.807) is 30.3 Å². The molecule has 0 bridgehead atoms. The third kappa shape index (κ3) is 6.12. The molecule has 160 valence electrons. The van der Waals surface area contributed by atoms with E-state index in [1.807, 2.05) is 6.07 Å². The largest absolute Gasteiger partial charge is 0.488 e. The summed E-state index contributed by atoms with van der Waals surface area (Å²) in [5, 5.41) is 22.8. The standard InChI is InChI=1S/C23H15FIN3O4/c24-18-7-4-15(5-8-18)14-32-22-9-6-16(11-21(22)25)10-17(13-26)23(29)27-19-2-1-3-20(12-19)28(30)31/h1-12H,14H2,(H,27,29)/b17-10+. The Morgan fingerprint density at radius 3 is 2.59 bits per heavy atom. The van der Waals surface area contributed by atoms with Crippen LogP contribution in [0.4, 0.5) is 15.8 Å². The van der Waals surface area contributed by atoms with Crippen LogP contribution in [0, 0.1) is 30.8 Å². The first-order chi connectivity index (χ1) is 15.4. The van der Waals surface area contributed by atoms with Gasteiger partial charge in [-0.2, -0.15) is 5.26 Å². The molecule has 0 unspecified atom stereocenters. The zero-order valence-electron chi connectivity index (χ0n) is 16.4. The number of hydrogen-bond donors (Lipinski definition) is 1. The maximum Gasteiger partial charge on any atom is 0.271 e. The van der Waals surface area contributed by atoms with Gasteiger partial charge in [0.05, 0.1) is 8.49 Å².